The summed E-state index contributed by atoms with van der Waals surface area (Å²) in [6.45, 7) is 0.409. The number of nitrogens with zero attached hydrogens (tertiary/aromatic N) is 3. The van der Waals surface area contributed by atoms with Crippen molar-refractivity contribution in [3.8, 4) is 5.69 Å². The van der Waals surface area contributed by atoms with E-state index in [0.29, 0.717) is 19.4 Å². The van der Waals surface area contributed by atoms with Gasteiger partial charge >= 0.3 is 5.97 Å². The van der Waals surface area contributed by atoms with Crippen molar-refractivity contribution in [3.05, 3.63) is 42.5 Å². The molecule has 21 heavy (non-hydrogen) atoms. The van der Waals surface area contributed by atoms with Crippen LogP contribution in [-0.2, 0) is 4.79 Å². The van der Waals surface area contributed by atoms with Gasteiger partial charge in [-0.3, -0.25) is 9.59 Å². The summed E-state index contributed by atoms with van der Waals surface area (Å²) in [5.41, 5.74) is 0.825. The van der Waals surface area contributed by atoms with Crippen molar-refractivity contribution in [2.75, 3.05) is 6.54 Å². The van der Waals surface area contributed by atoms with E-state index >= 15 is 0 Å². The van der Waals surface area contributed by atoms with E-state index in [1.807, 2.05) is 30.3 Å². The van der Waals surface area contributed by atoms with Crippen molar-refractivity contribution in [3.63, 3.8) is 0 Å². The fourth-order valence-electron chi connectivity index (χ4n) is 1.75. The molecule has 0 fully saturated rings. The molecule has 2 rings (SSSR count). The third kappa shape index (κ3) is 4.41. The smallest absolute Gasteiger partial charge is 0.303 e. The molecular weight excluding hydrogens is 272 g/mol. The van der Waals surface area contributed by atoms with Crippen molar-refractivity contribution in [1.29, 1.82) is 0 Å². The number of carboxylic acids is 1. The van der Waals surface area contributed by atoms with Crippen LogP contribution in [0.4, 0.5) is 0 Å². The van der Waals surface area contributed by atoms with Crippen LogP contribution in [0.2, 0.25) is 0 Å². The van der Waals surface area contributed by atoms with Crippen molar-refractivity contribution in [2.45, 2.75) is 19.3 Å². The molecule has 7 nitrogen and oxygen atoms in total. The first-order valence-corrected chi connectivity index (χ1v) is 6.64. The van der Waals surface area contributed by atoms with Gasteiger partial charge in [0.05, 0.1) is 5.69 Å². The maximum Gasteiger partial charge on any atom is 0.303 e. The van der Waals surface area contributed by atoms with Crippen molar-refractivity contribution in [1.82, 2.24) is 20.1 Å². The predicted octanol–water partition coefficient (Wildman–Crippen LogP) is 1.25. The fourth-order valence-corrected chi connectivity index (χ4v) is 1.75. The molecule has 0 saturated heterocycles. The van der Waals surface area contributed by atoms with Crippen LogP contribution in [0.15, 0.2) is 36.7 Å². The summed E-state index contributed by atoms with van der Waals surface area (Å²) in [4.78, 5) is 26.1. The van der Waals surface area contributed by atoms with Crippen LogP contribution in [0, 0.1) is 0 Å². The summed E-state index contributed by atoms with van der Waals surface area (Å²) >= 11 is 0. The largest absolute Gasteiger partial charge is 0.481 e. The first kappa shape index (κ1) is 14.7. The number of carboxylic acid groups (broad SMARTS) is 1. The Morgan fingerprint density at radius 1 is 1.19 bits per heavy atom. The highest BCUT2D eigenvalue weighted by Gasteiger charge is 2.11. The molecule has 7 heteroatoms. The molecule has 0 spiro atoms. The number of aliphatic carboxylic acids is 1. The minimum atomic E-state index is -0.829. The molecule has 2 N–H and O–H groups in total. The molecule has 0 aliphatic carbocycles. The molecule has 0 aliphatic heterocycles. The van der Waals surface area contributed by atoms with Gasteiger partial charge in [0.1, 0.15) is 6.33 Å². The van der Waals surface area contributed by atoms with Gasteiger partial charge in [-0.25, -0.2) is 9.67 Å². The average Bonchev–Trinajstić information content (AvgIpc) is 2.97. The van der Waals surface area contributed by atoms with Crippen molar-refractivity contribution >= 4 is 11.9 Å². The Bertz CT molecular complexity index is 610. The molecule has 0 bridgehead atoms. The Morgan fingerprint density at radius 3 is 2.67 bits per heavy atom. The lowest BCUT2D eigenvalue weighted by molar-refractivity contribution is -0.137. The number of benzene rings is 1. The number of carbonyl (C=O) groups excluding carboxylic acids is 1. The van der Waals surface area contributed by atoms with Crippen LogP contribution in [-0.4, -0.2) is 38.3 Å². The highest BCUT2D eigenvalue weighted by atomic mass is 16.4. The monoisotopic (exact) mass is 288 g/mol. The number of para-hydroxylation sites is 1. The lowest BCUT2D eigenvalue weighted by Gasteiger charge is -2.01. The lowest BCUT2D eigenvalue weighted by Crippen LogP contribution is -2.25. The van der Waals surface area contributed by atoms with E-state index in [0.717, 1.165) is 5.69 Å². The van der Waals surface area contributed by atoms with Crippen LogP contribution in [0.1, 0.15) is 29.9 Å². The van der Waals surface area contributed by atoms with Crippen LogP contribution < -0.4 is 5.32 Å². The molecule has 2 aromatic rings. The molecule has 0 unspecified atom stereocenters. The molecule has 0 saturated carbocycles. The molecule has 1 aromatic heterocycles. The van der Waals surface area contributed by atoms with E-state index in [1.54, 1.807) is 0 Å². The maximum absolute atomic E-state index is 11.8. The molecular formula is C14H16N4O3. The van der Waals surface area contributed by atoms with Gasteiger partial charge in [0, 0.05) is 13.0 Å². The van der Waals surface area contributed by atoms with E-state index in [-0.39, 0.29) is 18.2 Å². The number of rotatable bonds is 7. The second-order valence-electron chi connectivity index (χ2n) is 4.46. The lowest BCUT2D eigenvalue weighted by atomic mass is 10.2. The third-order valence-corrected chi connectivity index (χ3v) is 2.82. The van der Waals surface area contributed by atoms with Crippen LogP contribution in [0.5, 0.6) is 0 Å². The minimum Gasteiger partial charge on any atom is -0.481 e. The molecule has 1 aromatic carbocycles. The van der Waals surface area contributed by atoms with Gasteiger partial charge in [-0.15, -0.1) is 5.10 Å². The highest BCUT2D eigenvalue weighted by Crippen LogP contribution is 2.04. The summed E-state index contributed by atoms with van der Waals surface area (Å²) in [6, 6.07) is 9.37. The molecule has 0 radical (unpaired) electrons. The zero-order chi connectivity index (χ0) is 15.1. The topological polar surface area (TPSA) is 97.1 Å². The van der Waals surface area contributed by atoms with Crippen LogP contribution in [0.25, 0.3) is 5.69 Å². The van der Waals surface area contributed by atoms with Crippen molar-refractivity contribution < 1.29 is 14.7 Å². The summed E-state index contributed by atoms with van der Waals surface area (Å²) < 4.78 is 1.53. The van der Waals surface area contributed by atoms with Crippen LogP contribution >= 0.6 is 0 Å². The molecule has 1 amide bonds. The number of aromatic nitrogens is 3. The zero-order valence-electron chi connectivity index (χ0n) is 11.4. The highest BCUT2D eigenvalue weighted by molar-refractivity contribution is 5.90. The Labute approximate surface area is 121 Å². The maximum atomic E-state index is 11.8. The number of nitrogens with one attached hydrogen (secondary N) is 1. The second-order valence-corrected chi connectivity index (χ2v) is 4.46. The normalized spacial score (nSPS) is 10.3. The van der Waals surface area contributed by atoms with E-state index in [4.69, 9.17) is 5.11 Å². The Kier molecular flexibility index (Phi) is 5.03. The van der Waals surface area contributed by atoms with Crippen molar-refractivity contribution in [2.24, 2.45) is 0 Å². The van der Waals surface area contributed by atoms with Gasteiger partial charge < -0.3 is 10.4 Å². The van der Waals surface area contributed by atoms with E-state index in [2.05, 4.69) is 15.4 Å². The van der Waals surface area contributed by atoms with E-state index in [1.165, 1.54) is 11.0 Å². The second kappa shape index (κ2) is 7.18. The quantitative estimate of drug-likeness (QED) is 0.747. The Balaban J connectivity index is 1.84. The van der Waals surface area contributed by atoms with E-state index in [9.17, 15) is 9.59 Å². The Morgan fingerprint density at radius 2 is 1.95 bits per heavy atom. The van der Waals surface area contributed by atoms with Gasteiger partial charge in [-0.2, -0.15) is 0 Å². The summed E-state index contributed by atoms with van der Waals surface area (Å²) in [5.74, 6) is -1.10. The number of hydrogen-bond acceptors (Lipinski definition) is 4. The number of carbonyl (C=O) groups is 2. The molecule has 0 atom stereocenters. The predicted molar refractivity (Wildman–Crippen MR) is 75.2 cm³/mol. The summed E-state index contributed by atoms with van der Waals surface area (Å²) in [6.07, 6.45) is 2.73. The zero-order valence-corrected chi connectivity index (χ0v) is 11.4. The Hall–Kier alpha value is -2.70. The summed E-state index contributed by atoms with van der Waals surface area (Å²) in [7, 11) is 0. The number of amides is 1. The minimum absolute atomic E-state index is 0.0945. The SMILES string of the molecule is O=C(O)CCCCNC(=O)c1ncn(-c2ccccc2)n1. The van der Waals surface area contributed by atoms with Gasteiger partial charge in [0.2, 0.25) is 5.82 Å². The fraction of sp³-hybridized carbons (Fsp3) is 0.286. The standard InChI is InChI=1S/C14H16N4O3/c19-12(20)8-4-5-9-15-14(21)13-16-10-18(17-13)11-6-2-1-3-7-11/h1-3,6-7,10H,4-5,8-9H2,(H,15,21)(H,19,20). The summed E-state index contributed by atoms with van der Waals surface area (Å²) in [5, 5.41) is 15.3. The molecule has 110 valence electrons. The molecule has 1 heterocycles. The van der Waals surface area contributed by atoms with Gasteiger partial charge in [-0.1, -0.05) is 18.2 Å². The van der Waals surface area contributed by atoms with Gasteiger partial charge in [-0.05, 0) is 25.0 Å². The van der Waals surface area contributed by atoms with E-state index < -0.39 is 5.97 Å². The molecule has 0 aliphatic rings. The van der Waals surface area contributed by atoms with Crippen LogP contribution in [0.3, 0.4) is 0 Å². The number of hydrogen-bond donors (Lipinski definition) is 2. The third-order valence-electron chi connectivity index (χ3n) is 2.82. The average molecular weight is 288 g/mol. The van der Waals surface area contributed by atoms with Gasteiger partial charge in [0.15, 0.2) is 0 Å². The number of unbranched alkanes of at least 4 members (excludes halogenated alkanes) is 1. The first-order chi connectivity index (χ1) is 10.2. The first-order valence-electron chi connectivity index (χ1n) is 6.64. The van der Waals surface area contributed by atoms with Gasteiger partial charge in [0.25, 0.3) is 5.91 Å².